The fourth-order valence-electron chi connectivity index (χ4n) is 3.69. The van der Waals surface area contributed by atoms with E-state index in [0.29, 0.717) is 0 Å². The Balaban J connectivity index is 1.73. The number of nitrogens with zero attached hydrogens (tertiary/aromatic N) is 3. The van der Waals surface area contributed by atoms with Crippen molar-refractivity contribution in [3.63, 3.8) is 0 Å². The zero-order chi connectivity index (χ0) is 15.8. The summed E-state index contributed by atoms with van der Waals surface area (Å²) >= 11 is 0. The van der Waals surface area contributed by atoms with Gasteiger partial charge in [-0.15, -0.1) is 0 Å². The van der Waals surface area contributed by atoms with Crippen molar-refractivity contribution < 1.29 is 4.74 Å². The van der Waals surface area contributed by atoms with Crippen molar-refractivity contribution in [2.75, 3.05) is 23.3 Å². The van der Waals surface area contributed by atoms with E-state index < -0.39 is 0 Å². The van der Waals surface area contributed by atoms with E-state index >= 15 is 0 Å². The van der Waals surface area contributed by atoms with Crippen LogP contribution in [0.4, 0.5) is 11.6 Å². The maximum Gasteiger partial charge on any atom is 0.134 e. The standard InChI is InChI=1S/C17H28N4O/c1-16(2)11-13(17(3,4)22-16)20-14-10-15(19-12-18-14)21-8-6-5-7-9-21/h10,12-13H,5-9,11H2,1-4H3,(H,18,19,20). The van der Waals surface area contributed by atoms with Gasteiger partial charge in [-0.25, -0.2) is 9.97 Å². The first-order chi connectivity index (χ1) is 10.4. The first-order valence-electron chi connectivity index (χ1n) is 8.39. The zero-order valence-corrected chi connectivity index (χ0v) is 14.2. The molecule has 0 spiro atoms. The minimum Gasteiger partial charge on any atom is -0.367 e. The van der Waals surface area contributed by atoms with E-state index in [-0.39, 0.29) is 17.2 Å². The highest BCUT2D eigenvalue weighted by molar-refractivity contribution is 5.49. The van der Waals surface area contributed by atoms with Gasteiger partial charge in [0.25, 0.3) is 0 Å². The molecular weight excluding hydrogens is 276 g/mol. The van der Waals surface area contributed by atoms with Crippen LogP contribution in [0.1, 0.15) is 53.4 Å². The third-order valence-corrected chi connectivity index (χ3v) is 4.73. The van der Waals surface area contributed by atoms with E-state index in [0.717, 1.165) is 31.1 Å². The summed E-state index contributed by atoms with van der Waals surface area (Å²) in [5, 5.41) is 3.56. The lowest BCUT2D eigenvalue weighted by atomic mass is 9.94. The Labute approximate surface area is 133 Å². The first kappa shape index (κ1) is 15.5. The van der Waals surface area contributed by atoms with E-state index in [1.807, 2.05) is 0 Å². The average Bonchev–Trinajstić information content (AvgIpc) is 2.67. The highest BCUT2D eigenvalue weighted by Crippen LogP contribution is 2.38. The maximum atomic E-state index is 6.15. The average molecular weight is 304 g/mol. The van der Waals surface area contributed by atoms with Crippen molar-refractivity contribution in [2.45, 2.75) is 70.6 Å². The lowest BCUT2D eigenvalue weighted by Gasteiger charge is -2.29. The van der Waals surface area contributed by atoms with Crippen LogP contribution in [0.15, 0.2) is 12.4 Å². The molecule has 2 aliphatic rings. The number of ether oxygens (including phenoxy) is 1. The Kier molecular flexibility index (Phi) is 4.02. The Morgan fingerprint density at radius 2 is 1.86 bits per heavy atom. The molecule has 2 saturated heterocycles. The number of piperidine rings is 1. The molecule has 1 unspecified atom stereocenters. The molecule has 5 heteroatoms. The van der Waals surface area contributed by atoms with Crippen LogP contribution in [-0.4, -0.2) is 40.3 Å². The molecule has 2 aliphatic heterocycles. The Morgan fingerprint density at radius 1 is 1.14 bits per heavy atom. The van der Waals surface area contributed by atoms with Crippen molar-refractivity contribution in [3.8, 4) is 0 Å². The quantitative estimate of drug-likeness (QED) is 0.929. The molecule has 1 aromatic heterocycles. The van der Waals surface area contributed by atoms with Crippen LogP contribution < -0.4 is 10.2 Å². The Bertz CT molecular complexity index is 523. The fraction of sp³-hybridized carbons (Fsp3) is 0.765. The van der Waals surface area contributed by atoms with Crippen LogP contribution in [0, 0.1) is 0 Å². The van der Waals surface area contributed by atoms with E-state index in [2.05, 4.69) is 53.9 Å². The monoisotopic (exact) mass is 304 g/mol. The van der Waals surface area contributed by atoms with Gasteiger partial charge >= 0.3 is 0 Å². The minimum atomic E-state index is -0.195. The minimum absolute atomic E-state index is 0.0934. The van der Waals surface area contributed by atoms with Gasteiger partial charge in [-0.2, -0.15) is 0 Å². The zero-order valence-electron chi connectivity index (χ0n) is 14.2. The summed E-state index contributed by atoms with van der Waals surface area (Å²) in [4.78, 5) is 11.2. The largest absolute Gasteiger partial charge is 0.367 e. The summed E-state index contributed by atoms with van der Waals surface area (Å²) in [6, 6.07) is 2.33. The highest BCUT2D eigenvalue weighted by Gasteiger charge is 2.46. The van der Waals surface area contributed by atoms with Crippen molar-refractivity contribution in [1.29, 1.82) is 0 Å². The SMILES string of the molecule is CC1(C)CC(Nc2cc(N3CCCCC3)ncn2)C(C)(C)O1. The topological polar surface area (TPSA) is 50.3 Å². The number of hydrogen-bond acceptors (Lipinski definition) is 5. The molecule has 3 rings (SSSR count). The molecule has 22 heavy (non-hydrogen) atoms. The molecule has 1 aromatic rings. The molecule has 5 nitrogen and oxygen atoms in total. The summed E-state index contributed by atoms with van der Waals surface area (Å²) in [5.74, 6) is 1.93. The molecule has 1 atom stereocenters. The van der Waals surface area contributed by atoms with E-state index in [1.165, 1.54) is 19.3 Å². The number of nitrogens with one attached hydrogen (secondary N) is 1. The molecule has 0 aliphatic carbocycles. The van der Waals surface area contributed by atoms with Gasteiger partial charge in [0.05, 0.1) is 17.2 Å². The fourth-order valence-corrected chi connectivity index (χ4v) is 3.69. The van der Waals surface area contributed by atoms with Crippen LogP contribution in [0.25, 0.3) is 0 Å². The van der Waals surface area contributed by atoms with E-state index in [9.17, 15) is 0 Å². The first-order valence-corrected chi connectivity index (χ1v) is 8.39. The smallest absolute Gasteiger partial charge is 0.134 e. The molecule has 0 saturated carbocycles. The molecular formula is C17H28N4O. The number of anilines is 2. The summed E-state index contributed by atoms with van der Waals surface area (Å²) in [6.45, 7) is 10.8. The second-order valence-corrected chi connectivity index (χ2v) is 7.68. The highest BCUT2D eigenvalue weighted by atomic mass is 16.5. The third kappa shape index (κ3) is 3.35. The van der Waals surface area contributed by atoms with E-state index in [4.69, 9.17) is 4.74 Å². The predicted molar refractivity (Wildman–Crippen MR) is 89.4 cm³/mol. The number of hydrogen-bond donors (Lipinski definition) is 1. The van der Waals surface area contributed by atoms with Gasteiger partial charge < -0.3 is 15.0 Å². The van der Waals surface area contributed by atoms with Crippen molar-refractivity contribution in [3.05, 3.63) is 12.4 Å². The van der Waals surface area contributed by atoms with Gasteiger partial charge in [0.2, 0.25) is 0 Å². The van der Waals surface area contributed by atoms with Gasteiger partial charge in [0.1, 0.15) is 18.0 Å². The third-order valence-electron chi connectivity index (χ3n) is 4.73. The Morgan fingerprint density at radius 3 is 2.50 bits per heavy atom. The maximum absolute atomic E-state index is 6.15. The molecule has 3 heterocycles. The lowest BCUT2D eigenvalue weighted by Crippen LogP contribution is -2.38. The van der Waals surface area contributed by atoms with Gasteiger partial charge in [0, 0.05) is 19.2 Å². The van der Waals surface area contributed by atoms with Crippen LogP contribution in [0.5, 0.6) is 0 Å². The summed E-state index contributed by atoms with van der Waals surface area (Å²) in [6.07, 6.45) is 6.48. The van der Waals surface area contributed by atoms with Crippen molar-refractivity contribution >= 4 is 11.6 Å². The van der Waals surface area contributed by atoms with Crippen molar-refractivity contribution in [1.82, 2.24) is 9.97 Å². The molecule has 2 fully saturated rings. The lowest BCUT2D eigenvalue weighted by molar-refractivity contribution is -0.0662. The van der Waals surface area contributed by atoms with Crippen LogP contribution in [0.2, 0.25) is 0 Å². The van der Waals surface area contributed by atoms with Crippen LogP contribution in [0.3, 0.4) is 0 Å². The summed E-state index contributed by atoms with van der Waals surface area (Å²) < 4.78 is 6.15. The second kappa shape index (κ2) is 5.69. The van der Waals surface area contributed by atoms with Gasteiger partial charge in [-0.1, -0.05) is 0 Å². The predicted octanol–water partition coefficient (Wildman–Crippen LogP) is 3.22. The molecule has 1 N–H and O–H groups in total. The second-order valence-electron chi connectivity index (χ2n) is 7.68. The van der Waals surface area contributed by atoms with Crippen LogP contribution >= 0.6 is 0 Å². The Hall–Kier alpha value is -1.36. The van der Waals surface area contributed by atoms with Gasteiger partial charge in [-0.05, 0) is 53.4 Å². The molecule has 122 valence electrons. The normalized spacial score (nSPS) is 26.9. The molecule has 0 bridgehead atoms. The molecule has 0 aromatic carbocycles. The molecule has 0 amide bonds. The number of aromatic nitrogens is 2. The van der Waals surface area contributed by atoms with Crippen molar-refractivity contribution in [2.24, 2.45) is 0 Å². The molecule has 0 radical (unpaired) electrons. The number of rotatable bonds is 3. The van der Waals surface area contributed by atoms with E-state index in [1.54, 1.807) is 6.33 Å². The van der Waals surface area contributed by atoms with Gasteiger partial charge in [-0.3, -0.25) is 0 Å². The summed E-state index contributed by atoms with van der Waals surface area (Å²) in [7, 11) is 0. The van der Waals surface area contributed by atoms with Gasteiger partial charge in [0.15, 0.2) is 0 Å². The summed E-state index contributed by atoms with van der Waals surface area (Å²) in [5.41, 5.74) is -0.288. The van der Waals surface area contributed by atoms with Crippen LogP contribution in [-0.2, 0) is 4.74 Å².